The minimum absolute atomic E-state index is 0.142. The Morgan fingerprint density at radius 1 is 0.774 bits per heavy atom. The summed E-state index contributed by atoms with van der Waals surface area (Å²) in [5.74, 6) is -0.884. The quantitative estimate of drug-likeness (QED) is 0.580. The van der Waals surface area contributed by atoms with Crippen LogP contribution in [0.5, 0.6) is 0 Å². The normalized spacial score (nSPS) is 26.2. The Morgan fingerprint density at radius 3 is 1.71 bits per heavy atom. The van der Waals surface area contributed by atoms with Crippen molar-refractivity contribution in [3.05, 3.63) is 59.7 Å². The third-order valence-electron chi connectivity index (χ3n) is 4.96. The summed E-state index contributed by atoms with van der Waals surface area (Å²) < 4.78 is 71.6. The van der Waals surface area contributed by atoms with E-state index >= 15 is 0 Å². The van der Waals surface area contributed by atoms with Gasteiger partial charge in [-0.2, -0.15) is 16.8 Å². The first-order chi connectivity index (χ1) is 14.6. The highest BCUT2D eigenvalue weighted by molar-refractivity contribution is 7.87. The van der Waals surface area contributed by atoms with Crippen LogP contribution < -0.4 is 0 Å². The Morgan fingerprint density at radius 2 is 1.23 bits per heavy atom. The number of hydrogen-bond donors (Lipinski definition) is 0. The molecule has 2 fully saturated rings. The van der Waals surface area contributed by atoms with E-state index < -0.39 is 50.6 Å². The van der Waals surface area contributed by atoms with Crippen LogP contribution in [0.15, 0.2) is 58.3 Å². The first kappa shape index (κ1) is 22.1. The van der Waals surface area contributed by atoms with E-state index in [0.717, 1.165) is 11.1 Å². The molecule has 2 bridgehead atoms. The molecule has 9 nitrogen and oxygen atoms in total. The second-order valence-corrected chi connectivity index (χ2v) is 10.5. The molecule has 4 rings (SSSR count). The maximum Gasteiger partial charge on any atom is 0.297 e. The third-order valence-corrected chi connectivity index (χ3v) is 7.58. The molecule has 0 aliphatic carbocycles. The first-order valence-corrected chi connectivity index (χ1v) is 12.2. The smallest absolute Gasteiger partial charge is 0.297 e. The molecule has 2 aliphatic heterocycles. The molecule has 2 aliphatic rings. The number of rotatable bonds is 6. The number of carbonyl (C=O) groups is 1. The zero-order chi connectivity index (χ0) is 22.4. The van der Waals surface area contributed by atoms with Crippen LogP contribution in [0.4, 0.5) is 0 Å². The summed E-state index contributed by atoms with van der Waals surface area (Å²) in [4.78, 5) is 12.7. The van der Waals surface area contributed by atoms with E-state index in [4.69, 9.17) is 17.8 Å². The van der Waals surface area contributed by atoms with E-state index in [9.17, 15) is 21.6 Å². The van der Waals surface area contributed by atoms with Gasteiger partial charge in [0.2, 0.25) is 5.78 Å². The van der Waals surface area contributed by atoms with Crippen molar-refractivity contribution in [3.8, 4) is 0 Å². The van der Waals surface area contributed by atoms with Gasteiger partial charge in [0.1, 0.15) is 6.10 Å². The van der Waals surface area contributed by atoms with Crippen molar-refractivity contribution in [2.45, 2.75) is 48.2 Å². The van der Waals surface area contributed by atoms with E-state index in [1.807, 2.05) is 0 Å². The van der Waals surface area contributed by atoms with Gasteiger partial charge in [-0.1, -0.05) is 35.4 Å². The number of hydrogen-bond acceptors (Lipinski definition) is 9. The van der Waals surface area contributed by atoms with Gasteiger partial charge in [-0.15, -0.1) is 0 Å². The average Bonchev–Trinajstić information content (AvgIpc) is 3.16. The van der Waals surface area contributed by atoms with Crippen molar-refractivity contribution in [3.63, 3.8) is 0 Å². The summed E-state index contributed by atoms with van der Waals surface area (Å²) in [6.45, 7) is 3.44. The molecule has 0 aromatic heterocycles. The summed E-state index contributed by atoms with van der Waals surface area (Å²) in [7, 11) is -8.66. The molecular weight excluding hydrogens is 448 g/mol. The lowest BCUT2D eigenvalue weighted by atomic mass is 10.0. The molecule has 2 saturated heterocycles. The summed E-state index contributed by atoms with van der Waals surface area (Å²) in [5, 5.41) is 0. The van der Waals surface area contributed by atoms with Crippen molar-refractivity contribution in [2.24, 2.45) is 0 Å². The maximum atomic E-state index is 13.0. The molecule has 0 unspecified atom stereocenters. The van der Waals surface area contributed by atoms with Crippen molar-refractivity contribution in [2.75, 3.05) is 6.61 Å². The number of ketones is 1. The SMILES string of the molecule is Cc1ccc(S(=O)(=O)O[C@H]2C(=O)[C@H](OS(=O)(=O)c3ccc(C)cc3)[C@H]3CO[C@@H]2O3)cc1. The fraction of sp³-hybridized carbons (Fsp3) is 0.350. The van der Waals surface area contributed by atoms with Gasteiger partial charge < -0.3 is 9.47 Å². The molecule has 2 aromatic carbocycles. The van der Waals surface area contributed by atoms with Gasteiger partial charge in [-0.25, -0.2) is 4.18 Å². The van der Waals surface area contributed by atoms with Gasteiger partial charge in [0.05, 0.1) is 16.4 Å². The molecule has 2 heterocycles. The van der Waals surface area contributed by atoms with Gasteiger partial charge in [-0.3, -0.25) is 8.98 Å². The van der Waals surface area contributed by atoms with E-state index in [-0.39, 0.29) is 16.4 Å². The van der Waals surface area contributed by atoms with Crippen LogP contribution in [0.25, 0.3) is 0 Å². The molecule has 0 saturated carbocycles. The molecule has 2 aromatic rings. The minimum Gasteiger partial charge on any atom is -0.347 e. The lowest BCUT2D eigenvalue weighted by molar-refractivity contribution is -0.180. The predicted octanol–water partition coefficient (Wildman–Crippen LogP) is 1.48. The highest BCUT2D eigenvalue weighted by Gasteiger charge is 2.54. The summed E-state index contributed by atoms with van der Waals surface area (Å²) >= 11 is 0. The van der Waals surface area contributed by atoms with Crippen LogP contribution in [-0.4, -0.2) is 53.8 Å². The van der Waals surface area contributed by atoms with Crippen LogP contribution in [-0.2, 0) is 42.9 Å². The van der Waals surface area contributed by atoms with Crippen molar-refractivity contribution in [1.82, 2.24) is 0 Å². The lowest BCUT2D eigenvalue weighted by Crippen LogP contribution is -2.54. The fourth-order valence-electron chi connectivity index (χ4n) is 3.23. The Balaban J connectivity index is 1.58. The van der Waals surface area contributed by atoms with Gasteiger partial charge in [0.15, 0.2) is 18.5 Å². The van der Waals surface area contributed by atoms with Crippen molar-refractivity contribution < 1.29 is 39.5 Å². The second kappa shape index (κ2) is 8.08. The highest BCUT2D eigenvalue weighted by Crippen LogP contribution is 2.33. The van der Waals surface area contributed by atoms with Crippen LogP contribution in [0.1, 0.15) is 11.1 Å². The zero-order valence-corrected chi connectivity index (χ0v) is 18.3. The molecule has 4 atom stereocenters. The van der Waals surface area contributed by atoms with Gasteiger partial charge in [0.25, 0.3) is 20.2 Å². The first-order valence-electron chi connectivity index (χ1n) is 9.37. The topological polar surface area (TPSA) is 122 Å². The number of Topliss-reactive ketones (excluding diaryl/α,β-unsaturated/α-hetero) is 1. The molecule has 0 amide bonds. The lowest BCUT2D eigenvalue weighted by Gasteiger charge is -2.31. The van der Waals surface area contributed by atoms with Crippen LogP contribution in [0, 0.1) is 13.8 Å². The molecule has 0 spiro atoms. The Labute approximate surface area is 180 Å². The number of aryl methyl sites for hydroxylation is 2. The van der Waals surface area contributed by atoms with Gasteiger partial charge in [-0.05, 0) is 38.1 Å². The minimum atomic E-state index is -4.34. The number of ether oxygens (including phenoxy) is 2. The maximum absolute atomic E-state index is 13.0. The summed E-state index contributed by atoms with van der Waals surface area (Å²) in [6, 6.07) is 11.7. The summed E-state index contributed by atoms with van der Waals surface area (Å²) in [5.41, 5.74) is 1.69. The Bertz CT molecular complexity index is 1090. The van der Waals surface area contributed by atoms with Gasteiger partial charge >= 0.3 is 0 Å². The Hall–Kier alpha value is -2.15. The highest BCUT2D eigenvalue weighted by atomic mass is 32.2. The number of carbonyl (C=O) groups excluding carboxylic acids is 1. The van der Waals surface area contributed by atoms with E-state index in [1.165, 1.54) is 24.3 Å². The van der Waals surface area contributed by atoms with Crippen molar-refractivity contribution in [1.29, 1.82) is 0 Å². The molecule has 166 valence electrons. The van der Waals surface area contributed by atoms with Gasteiger partial charge in [0, 0.05) is 0 Å². The third kappa shape index (κ3) is 4.43. The average molecular weight is 469 g/mol. The molecular formula is C20H20O9S2. The largest absolute Gasteiger partial charge is 0.347 e. The van der Waals surface area contributed by atoms with E-state index in [2.05, 4.69) is 0 Å². The Kier molecular flexibility index (Phi) is 5.75. The zero-order valence-electron chi connectivity index (χ0n) is 16.6. The molecule has 11 heteroatoms. The molecule has 0 N–H and O–H groups in total. The second-order valence-electron chi connectivity index (χ2n) is 7.35. The summed E-state index contributed by atoms with van der Waals surface area (Å²) in [6.07, 6.45) is -5.59. The van der Waals surface area contributed by atoms with Crippen LogP contribution >= 0.6 is 0 Å². The van der Waals surface area contributed by atoms with E-state index in [1.54, 1.807) is 38.1 Å². The standard InChI is InChI=1S/C20H20O9S2/c1-12-3-7-14(8-4-12)30(22,23)28-18-16-11-26-20(27-16)19(17(18)21)29-31(24,25)15-9-5-13(2)6-10-15/h3-10,16,18-20H,11H2,1-2H3/t16-,18-,19+,20-/m1/s1. The fourth-order valence-corrected chi connectivity index (χ4v) is 5.34. The van der Waals surface area contributed by atoms with Crippen LogP contribution in [0.3, 0.4) is 0 Å². The number of fused-ring (bicyclic) bond motifs is 2. The van der Waals surface area contributed by atoms with Crippen molar-refractivity contribution >= 4 is 26.0 Å². The van der Waals surface area contributed by atoms with Crippen LogP contribution in [0.2, 0.25) is 0 Å². The van der Waals surface area contributed by atoms with E-state index in [0.29, 0.717) is 0 Å². The monoisotopic (exact) mass is 468 g/mol. The molecule has 0 radical (unpaired) electrons. The number of benzene rings is 2. The molecule has 31 heavy (non-hydrogen) atoms. The predicted molar refractivity (Wildman–Crippen MR) is 106 cm³/mol.